The first-order valence-electron chi connectivity index (χ1n) is 4.48. The Kier molecular flexibility index (Phi) is 1.89. The molecule has 0 unspecified atom stereocenters. The molecular formula is C11H14N-. The van der Waals surface area contributed by atoms with Gasteiger partial charge < -0.3 is 5.32 Å². The average Bonchev–Trinajstić information content (AvgIpc) is 2.88. The van der Waals surface area contributed by atoms with Crippen LogP contribution in [0.2, 0.25) is 0 Å². The van der Waals surface area contributed by atoms with Crippen molar-refractivity contribution in [1.82, 2.24) is 0 Å². The fourth-order valence-electron chi connectivity index (χ4n) is 1.78. The summed E-state index contributed by atoms with van der Waals surface area (Å²) in [4.78, 5) is 0. The van der Waals surface area contributed by atoms with Gasteiger partial charge in [-0.2, -0.15) is 7.05 Å². The van der Waals surface area contributed by atoms with E-state index < -0.39 is 0 Å². The highest BCUT2D eigenvalue weighted by Crippen LogP contribution is 2.48. The van der Waals surface area contributed by atoms with E-state index in [1.165, 1.54) is 18.4 Å². The van der Waals surface area contributed by atoms with Crippen LogP contribution in [0, 0.1) is 0 Å². The van der Waals surface area contributed by atoms with E-state index in [1.54, 1.807) is 0 Å². The highest BCUT2D eigenvalue weighted by molar-refractivity contribution is 5.32. The van der Waals surface area contributed by atoms with Crippen LogP contribution in [0.25, 0.3) is 5.32 Å². The van der Waals surface area contributed by atoms with E-state index in [4.69, 9.17) is 0 Å². The van der Waals surface area contributed by atoms with Gasteiger partial charge in [0.25, 0.3) is 0 Å². The minimum Gasteiger partial charge on any atom is -0.664 e. The summed E-state index contributed by atoms with van der Waals surface area (Å²) >= 11 is 0. The van der Waals surface area contributed by atoms with Gasteiger partial charge in [-0.25, -0.2) is 0 Å². The third kappa shape index (κ3) is 1.25. The third-order valence-corrected chi connectivity index (χ3v) is 2.70. The molecule has 0 atom stereocenters. The van der Waals surface area contributed by atoms with Gasteiger partial charge in [-0.1, -0.05) is 30.3 Å². The lowest BCUT2D eigenvalue weighted by molar-refractivity contribution is 0.744. The summed E-state index contributed by atoms with van der Waals surface area (Å²) in [7, 11) is 1.91. The first kappa shape index (κ1) is 7.81. The van der Waals surface area contributed by atoms with Crippen molar-refractivity contribution in [3.8, 4) is 0 Å². The lowest BCUT2D eigenvalue weighted by Crippen LogP contribution is -2.10. The molecule has 1 nitrogen and oxygen atoms in total. The van der Waals surface area contributed by atoms with Crippen molar-refractivity contribution in [2.75, 3.05) is 13.6 Å². The molecule has 1 saturated carbocycles. The number of nitrogens with zero attached hydrogens (tertiary/aromatic N) is 1. The number of rotatable bonds is 3. The molecule has 0 radical (unpaired) electrons. The lowest BCUT2D eigenvalue weighted by atomic mass is 9.96. The number of benzene rings is 1. The Morgan fingerprint density at radius 2 is 1.92 bits per heavy atom. The van der Waals surface area contributed by atoms with E-state index in [0.29, 0.717) is 5.41 Å². The fourth-order valence-corrected chi connectivity index (χ4v) is 1.78. The largest absolute Gasteiger partial charge is 0.664 e. The maximum atomic E-state index is 4.25. The molecule has 1 aromatic rings. The molecule has 0 heterocycles. The predicted octanol–water partition coefficient (Wildman–Crippen LogP) is 2.72. The topological polar surface area (TPSA) is 14.1 Å². The van der Waals surface area contributed by atoms with E-state index in [-0.39, 0.29) is 0 Å². The van der Waals surface area contributed by atoms with Crippen LogP contribution in [0.15, 0.2) is 30.3 Å². The summed E-state index contributed by atoms with van der Waals surface area (Å²) in [6.07, 6.45) is 2.63. The van der Waals surface area contributed by atoms with Gasteiger partial charge in [0, 0.05) is 0 Å². The van der Waals surface area contributed by atoms with Crippen LogP contribution in [0.4, 0.5) is 0 Å². The summed E-state index contributed by atoms with van der Waals surface area (Å²) < 4.78 is 0. The molecule has 1 aliphatic carbocycles. The summed E-state index contributed by atoms with van der Waals surface area (Å²) in [5.41, 5.74) is 1.89. The summed E-state index contributed by atoms with van der Waals surface area (Å²) in [6.45, 7) is 0.997. The normalized spacial score (nSPS) is 19.1. The Balaban J connectivity index is 2.19. The Morgan fingerprint density at radius 1 is 1.25 bits per heavy atom. The second kappa shape index (κ2) is 2.91. The quantitative estimate of drug-likeness (QED) is 0.645. The van der Waals surface area contributed by atoms with Gasteiger partial charge in [-0.05, 0) is 23.8 Å². The first-order valence-corrected chi connectivity index (χ1v) is 4.48. The SMILES string of the molecule is C[N-]CC1(c2ccccc2)CC1. The van der Waals surface area contributed by atoms with Gasteiger partial charge in [0.2, 0.25) is 0 Å². The zero-order valence-electron chi connectivity index (χ0n) is 7.46. The molecule has 1 aliphatic rings. The van der Waals surface area contributed by atoms with E-state index in [9.17, 15) is 0 Å². The van der Waals surface area contributed by atoms with Crippen LogP contribution < -0.4 is 0 Å². The van der Waals surface area contributed by atoms with Crippen molar-refractivity contribution >= 4 is 0 Å². The van der Waals surface area contributed by atoms with E-state index >= 15 is 0 Å². The molecule has 2 rings (SSSR count). The lowest BCUT2D eigenvalue weighted by Gasteiger charge is -2.22. The van der Waals surface area contributed by atoms with Crippen LogP contribution in [0.5, 0.6) is 0 Å². The monoisotopic (exact) mass is 160 g/mol. The van der Waals surface area contributed by atoms with Crippen molar-refractivity contribution in [2.45, 2.75) is 18.3 Å². The molecule has 1 fully saturated rings. The Labute approximate surface area is 73.8 Å². The highest BCUT2D eigenvalue weighted by atomic mass is 14.8. The standard InChI is InChI=1S/C11H14N/c1-12-9-11(7-8-11)10-5-3-2-4-6-10/h2-6H,7-9H2,1H3/q-1. The molecule has 0 saturated heterocycles. The third-order valence-electron chi connectivity index (χ3n) is 2.70. The Hall–Kier alpha value is -0.820. The second-order valence-electron chi connectivity index (χ2n) is 3.62. The van der Waals surface area contributed by atoms with Crippen molar-refractivity contribution < 1.29 is 0 Å². The molecule has 0 spiro atoms. The minimum atomic E-state index is 0.427. The minimum absolute atomic E-state index is 0.427. The molecule has 1 heteroatoms. The Morgan fingerprint density at radius 3 is 2.42 bits per heavy atom. The number of hydrogen-bond donors (Lipinski definition) is 0. The van der Waals surface area contributed by atoms with E-state index in [2.05, 4.69) is 35.6 Å². The van der Waals surface area contributed by atoms with Crippen molar-refractivity contribution in [2.24, 2.45) is 0 Å². The summed E-state index contributed by atoms with van der Waals surface area (Å²) in [5.74, 6) is 0. The molecule has 0 N–H and O–H groups in total. The smallest absolute Gasteiger partial charge is 0.0234 e. The Bertz CT molecular complexity index is 249. The molecule has 0 aromatic heterocycles. The molecule has 0 bridgehead atoms. The molecule has 0 aliphatic heterocycles. The summed E-state index contributed by atoms with van der Waals surface area (Å²) in [5, 5.41) is 4.25. The van der Waals surface area contributed by atoms with E-state index in [1.807, 2.05) is 7.05 Å². The number of likely N-dealkylation sites (N-methyl/N-ethyl adjacent to an activating group) is 1. The van der Waals surface area contributed by atoms with Crippen LogP contribution in [0.1, 0.15) is 18.4 Å². The molecule has 0 amide bonds. The molecular weight excluding hydrogens is 146 g/mol. The van der Waals surface area contributed by atoms with Gasteiger partial charge in [-0.3, -0.25) is 0 Å². The van der Waals surface area contributed by atoms with Gasteiger partial charge in [0.15, 0.2) is 0 Å². The van der Waals surface area contributed by atoms with Crippen molar-refractivity contribution in [3.05, 3.63) is 41.2 Å². The number of hydrogen-bond acceptors (Lipinski definition) is 0. The van der Waals surface area contributed by atoms with Gasteiger partial charge >= 0.3 is 0 Å². The van der Waals surface area contributed by atoms with Gasteiger partial charge in [-0.15, -0.1) is 6.54 Å². The van der Waals surface area contributed by atoms with Gasteiger partial charge in [0.1, 0.15) is 0 Å². The molecule has 64 valence electrons. The second-order valence-corrected chi connectivity index (χ2v) is 3.62. The van der Waals surface area contributed by atoms with Crippen LogP contribution in [-0.4, -0.2) is 13.6 Å². The molecule has 1 aromatic carbocycles. The molecule has 12 heavy (non-hydrogen) atoms. The first-order chi connectivity index (χ1) is 5.87. The van der Waals surface area contributed by atoms with Crippen LogP contribution in [0.3, 0.4) is 0 Å². The van der Waals surface area contributed by atoms with E-state index in [0.717, 1.165) is 6.54 Å². The maximum absolute atomic E-state index is 4.25. The fraction of sp³-hybridized carbons (Fsp3) is 0.455. The predicted molar refractivity (Wildman–Crippen MR) is 51.5 cm³/mol. The zero-order chi connectivity index (χ0) is 8.44. The van der Waals surface area contributed by atoms with Crippen molar-refractivity contribution in [3.63, 3.8) is 0 Å². The van der Waals surface area contributed by atoms with Gasteiger partial charge in [0.05, 0.1) is 0 Å². The maximum Gasteiger partial charge on any atom is -0.0234 e. The average molecular weight is 160 g/mol. The van der Waals surface area contributed by atoms with Crippen molar-refractivity contribution in [1.29, 1.82) is 0 Å². The zero-order valence-corrected chi connectivity index (χ0v) is 7.46. The highest BCUT2D eigenvalue weighted by Gasteiger charge is 2.39. The van der Waals surface area contributed by atoms with Crippen LogP contribution in [-0.2, 0) is 5.41 Å². The van der Waals surface area contributed by atoms with Crippen LogP contribution >= 0.6 is 0 Å². The summed E-state index contributed by atoms with van der Waals surface area (Å²) in [6, 6.07) is 10.7.